The third-order valence-corrected chi connectivity index (χ3v) is 7.57. The zero-order valence-electron chi connectivity index (χ0n) is 16.9. The van der Waals surface area contributed by atoms with Gasteiger partial charge in [0, 0.05) is 5.56 Å². The van der Waals surface area contributed by atoms with Crippen LogP contribution < -0.4 is 0 Å². The minimum atomic E-state index is -0.200. The van der Waals surface area contributed by atoms with Gasteiger partial charge >= 0.3 is 0 Å². The van der Waals surface area contributed by atoms with Gasteiger partial charge in [-0.1, -0.05) is 43.9 Å². The third-order valence-electron chi connectivity index (χ3n) is 7.57. The van der Waals surface area contributed by atoms with E-state index in [1.807, 2.05) is 12.1 Å². The summed E-state index contributed by atoms with van der Waals surface area (Å²) in [7, 11) is 0. The zero-order valence-corrected chi connectivity index (χ0v) is 16.9. The lowest BCUT2D eigenvalue weighted by atomic mass is 9.54. The molecule has 3 aliphatic rings. The van der Waals surface area contributed by atoms with Crippen LogP contribution in [-0.4, -0.2) is 6.29 Å². The molecule has 0 aliphatic heterocycles. The number of carbonyl (C=O) groups is 1. The Morgan fingerprint density at radius 3 is 2.86 bits per heavy atom. The van der Waals surface area contributed by atoms with E-state index < -0.39 is 0 Å². The topological polar surface area (TPSA) is 17.1 Å². The van der Waals surface area contributed by atoms with E-state index in [1.165, 1.54) is 29.2 Å². The van der Waals surface area contributed by atoms with Crippen LogP contribution in [0, 0.1) is 17.3 Å². The summed E-state index contributed by atoms with van der Waals surface area (Å²) in [4.78, 5) is 11.1. The molecule has 1 fully saturated rings. The van der Waals surface area contributed by atoms with E-state index in [9.17, 15) is 9.18 Å². The predicted molar refractivity (Wildman–Crippen MR) is 113 cm³/mol. The number of allylic oxidation sites excluding steroid dienone is 7. The minimum Gasteiger partial charge on any atom is -0.298 e. The van der Waals surface area contributed by atoms with Gasteiger partial charge in [0.1, 0.15) is 12.1 Å². The first kappa shape index (κ1) is 19.1. The SMILES string of the molecule is C=C/C(=C\C(F)=C/C)C1=CCC2C3CCc4cc(C=O)ccc4C3CCC12C. The summed E-state index contributed by atoms with van der Waals surface area (Å²) >= 11 is 0. The van der Waals surface area contributed by atoms with Crippen LogP contribution in [0.5, 0.6) is 0 Å². The van der Waals surface area contributed by atoms with E-state index in [0.717, 1.165) is 43.1 Å². The van der Waals surface area contributed by atoms with E-state index in [2.05, 4.69) is 31.7 Å². The third kappa shape index (κ3) is 2.94. The summed E-state index contributed by atoms with van der Waals surface area (Å²) in [6, 6.07) is 6.25. The minimum absolute atomic E-state index is 0.0927. The monoisotopic (exact) mass is 376 g/mol. The number of hydrogen-bond acceptors (Lipinski definition) is 1. The van der Waals surface area contributed by atoms with Gasteiger partial charge < -0.3 is 0 Å². The van der Waals surface area contributed by atoms with Gasteiger partial charge in [0.2, 0.25) is 0 Å². The maximum atomic E-state index is 14.0. The molecular formula is C26H29FO. The highest BCUT2D eigenvalue weighted by molar-refractivity contribution is 5.75. The average molecular weight is 377 g/mol. The van der Waals surface area contributed by atoms with Gasteiger partial charge in [-0.15, -0.1) is 0 Å². The first-order valence-electron chi connectivity index (χ1n) is 10.5. The van der Waals surface area contributed by atoms with Crippen molar-refractivity contribution < 1.29 is 9.18 Å². The summed E-state index contributed by atoms with van der Waals surface area (Å²) in [5, 5.41) is 0. The van der Waals surface area contributed by atoms with Crippen molar-refractivity contribution in [2.45, 2.75) is 51.9 Å². The molecule has 2 heteroatoms. The van der Waals surface area contributed by atoms with Crippen LogP contribution in [0.1, 0.15) is 66.9 Å². The Labute approximate surface area is 167 Å². The Bertz CT molecular complexity index is 903. The Balaban J connectivity index is 1.65. The molecule has 0 bridgehead atoms. The summed E-state index contributed by atoms with van der Waals surface area (Å²) in [5.41, 5.74) is 5.92. The lowest BCUT2D eigenvalue weighted by Crippen LogP contribution is -2.41. The van der Waals surface area contributed by atoms with Gasteiger partial charge in [0.25, 0.3) is 0 Å². The standard InChI is InChI=1S/C26H29FO/c1-4-18(15-20(27)5-2)24-10-11-25-23-9-7-19-14-17(16-28)6-8-21(19)22(23)12-13-26(24,25)3/h4-6,8,10,14-16,22-23,25H,1,7,9,11-13H2,2-3H3/b18-15+,20-5+. The Hall–Kier alpha value is -2.22. The van der Waals surface area contributed by atoms with E-state index >= 15 is 0 Å². The number of aldehydes is 1. The van der Waals surface area contributed by atoms with Gasteiger partial charge in [0.15, 0.2) is 0 Å². The van der Waals surface area contributed by atoms with Crippen LogP contribution in [0.3, 0.4) is 0 Å². The molecule has 1 aromatic carbocycles. The summed E-state index contributed by atoms with van der Waals surface area (Å²) in [6.45, 7) is 8.06. The molecule has 0 heterocycles. The van der Waals surface area contributed by atoms with E-state index in [0.29, 0.717) is 17.8 Å². The second-order valence-corrected chi connectivity index (χ2v) is 8.78. The van der Waals surface area contributed by atoms with Crippen molar-refractivity contribution in [1.29, 1.82) is 0 Å². The fraction of sp³-hybridized carbons (Fsp3) is 0.423. The fourth-order valence-corrected chi connectivity index (χ4v) is 6.17. The van der Waals surface area contributed by atoms with Gasteiger partial charge in [-0.2, -0.15) is 0 Å². The molecule has 4 unspecified atom stereocenters. The van der Waals surface area contributed by atoms with Crippen LogP contribution in [0.2, 0.25) is 0 Å². The molecule has 0 spiro atoms. The normalized spacial score (nSPS) is 32.1. The van der Waals surface area contributed by atoms with E-state index in [1.54, 1.807) is 13.0 Å². The highest BCUT2D eigenvalue weighted by Gasteiger charge is 2.51. The van der Waals surface area contributed by atoms with Crippen molar-refractivity contribution in [3.8, 4) is 0 Å². The Kier molecular flexibility index (Phi) is 4.99. The Morgan fingerprint density at radius 1 is 1.32 bits per heavy atom. The molecule has 4 atom stereocenters. The quantitative estimate of drug-likeness (QED) is 0.413. The molecule has 28 heavy (non-hydrogen) atoms. The van der Waals surface area contributed by atoms with Crippen LogP contribution in [0.25, 0.3) is 0 Å². The highest BCUT2D eigenvalue weighted by Crippen LogP contribution is 2.62. The largest absolute Gasteiger partial charge is 0.298 e. The van der Waals surface area contributed by atoms with Crippen molar-refractivity contribution in [1.82, 2.24) is 0 Å². The molecule has 0 radical (unpaired) electrons. The predicted octanol–water partition coefficient (Wildman–Crippen LogP) is 6.88. The molecule has 0 aromatic heterocycles. The number of halogens is 1. The van der Waals surface area contributed by atoms with Crippen molar-refractivity contribution in [3.63, 3.8) is 0 Å². The van der Waals surface area contributed by atoms with Crippen molar-refractivity contribution in [2.75, 3.05) is 0 Å². The molecular weight excluding hydrogens is 347 g/mol. The molecule has 4 rings (SSSR count). The van der Waals surface area contributed by atoms with Gasteiger partial charge in [-0.25, -0.2) is 4.39 Å². The highest BCUT2D eigenvalue weighted by atomic mass is 19.1. The van der Waals surface area contributed by atoms with Gasteiger partial charge in [0.05, 0.1) is 0 Å². The molecule has 1 aromatic rings. The van der Waals surface area contributed by atoms with Crippen LogP contribution in [0.4, 0.5) is 4.39 Å². The molecule has 146 valence electrons. The molecule has 1 nitrogen and oxygen atoms in total. The number of aryl methyl sites for hydroxylation is 1. The second-order valence-electron chi connectivity index (χ2n) is 8.78. The van der Waals surface area contributed by atoms with Crippen LogP contribution in [-0.2, 0) is 6.42 Å². The molecule has 0 amide bonds. The molecule has 1 saturated carbocycles. The fourth-order valence-electron chi connectivity index (χ4n) is 6.17. The Morgan fingerprint density at radius 2 is 2.14 bits per heavy atom. The summed E-state index contributed by atoms with van der Waals surface area (Å²) in [5.74, 6) is 1.63. The van der Waals surface area contributed by atoms with Crippen molar-refractivity contribution in [2.24, 2.45) is 17.3 Å². The van der Waals surface area contributed by atoms with Gasteiger partial charge in [-0.05, 0) is 96.6 Å². The van der Waals surface area contributed by atoms with Crippen LogP contribution >= 0.6 is 0 Å². The van der Waals surface area contributed by atoms with E-state index in [4.69, 9.17) is 0 Å². The number of fused-ring (bicyclic) bond motifs is 5. The number of hydrogen-bond donors (Lipinski definition) is 0. The zero-order chi connectivity index (χ0) is 19.9. The summed E-state index contributed by atoms with van der Waals surface area (Å²) < 4.78 is 14.0. The van der Waals surface area contributed by atoms with Crippen molar-refractivity contribution in [3.05, 3.63) is 82.7 Å². The lowest BCUT2D eigenvalue weighted by Gasteiger charge is -2.50. The smallest absolute Gasteiger partial charge is 0.150 e. The number of benzene rings is 1. The maximum absolute atomic E-state index is 14.0. The molecule has 0 saturated heterocycles. The van der Waals surface area contributed by atoms with Gasteiger partial charge in [-0.3, -0.25) is 4.79 Å². The number of carbonyl (C=O) groups excluding carboxylic acids is 1. The summed E-state index contributed by atoms with van der Waals surface area (Å²) in [6.07, 6.45) is 13.8. The maximum Gasteiger partial charge on any atom is 0.150 e. The van der Waals surface area contributed by atoms with E-state index in [-0.39, 0.29) is 11.2 Å². The van der Waals surface area contributed by atoms with Crippen molar-refractivity contribution >= 4 is 6.29 Å². The number of rotatable bonds is 4. The van der Waals surface area contributed by atoms with Crippen LogP contribution in [0.15, 0.2) is 66.1 Å². The lowest BCUT2D eigenvalue weighted by molar-refractivity contribution is 0.0768. The first-order chi connectivity index (χ1) is 13.5. The second kappa shape index (κ2) is 7.31. The molecule has 3 aliphatic carbocycles. The first-order valence-corrected chi connectivity index (χ1v) is 10.5. The molecule has 0 N–H and O–H groups in total. The average Bonchev–Trinajstić information content (AvgIpc) is 3.08.